The zero-order valence-corrected chi connectivity index (χ0v) is 19.5. The van der Waals surface area contributed by atoms with Crippen molar-refractivity contribution in [3.8, 4) is 0 Å². The first-order valence-corrected chi connectivity index (χ1v) is 12.3. The van der Waals surface area contributed by atoms with Crippen molar-refractivity contribution in [2.24, 2.45) is 11.8 Å². The molecule has 2 aromatic rings. The van der Waals surface area contributed by atoms with Gasteiger partial charge >= 0.3 is 0 Å². The quantitative estimate of drug-likeness (QED) is 0.618. The third-order valence-electron chi connectivity index (χ3n) is 7.35. The van der Waals surface area contributed by atoms with Crippen molar-refractivity contribution in [1.29, 1.82) is 0 Å². The second-order valence-corrected chi connectivity index (χ2v) is 9.72. The molecule has 7 nitrogen and oxygen atoms in total. The highest BCUT2D eigenvalue weighted by molar-refractivity contribution is 7.80. The van der Waals surface area contributed by atoms with Crippen molar-refractivity contribution >= 4 is 23.1 Å². The fourth-order valence-corrected chi connectivity index (χ4v) is 5.71. The molecular formula is C24H34N6OS. The van der Waals surface area contributed by atoms with Gasteiger partial charge in [0.2, 0.25) is 0 Å². The summed E-state index contributed by atoms with van der Waals surface area (Å²) in [5, 5.41) is 7.39. The second kappa shape index (κ2) is 10.2. The van der Waals surface area contributed by atoms with Crippen molar-refractivity contribution in [2.45, 2.75) is 25.4 Å². The Morgan fingerprint density at radius 1 is 1.09 bits per heavy atom. The zero-order valence-electron chi connectivity index (χ0n) is 18.7. The van der Waals surface area contributed by atoms with Gasteiger partial charge in [-0.2, -0.15) is 0 Å². The molecule has 32 heavy (non-hydrogen) atoms. The minimum atomic E-state index is 0.592. The van der Waals surface area contributed by atoms with E-state index in [4.69, 9.17) is 16.6 Å². The minimum absolute atomic E-state index is 0.592. The van der Waals surface area contributed by atoms with Gasteiger partial charge < -0.3 is 20.0 Å². The number of anilines is 1. The standard InChI is InChI=1S/C24H34N6OS/c32-24(27-16-22-4-3-13-31-22)26-15-21-14-19-6-8-30(21)18-20(19)17-28-9-11-29(12-10-28)23-5-1-2-7-25-23/h1-5,7,13,19-21H,6,8-12,14-18H2,(H2,26,27,32)/t19-,20-,21+/m0/s1. The van der Waals surface area contributed by atoms with E-state index in [1.54, 1.807) is 6.26 Å². The van der Waals surface area contributed by atoms with E-state index in [-0.39, 0.29) is 0 Å². The van der Waals surface area contributed by atoms with Crippen LogP contribution in [0.25, 0.3) is 0 Å². The lowest BCUT2D eigenvalue weighted by atomic mass is 9.75. The molecule has 4 saturated heterocycles. The number of nitrogens with one attached hydrogen (secondary N) is 2. The molecule has 6 rings (SSSR count). The van der Waals surface area contributed by atoms with Gasteiger partial charge in [0.25, 0.3) is 0 Å². The molecule has 0 saturated carbocycles. The van der Waals surface area contributed by atoms with E-state index in [9.17, 15) is 0 Å². The molecule has 4 atom stereocenters. The van der Waals surface area contributed by atoms with Crippen molar-refractivity contribution in [2.75, 3.05) is 57.3 Å². The molecule has 2 bridgehead atoms. The number of furan rings is 1. The molecule has 0 spiro atoms. The van der Waals surface area contributed by atoms with Crippen LogP contribution >= 0.6 is 12.2 Å². The summed E-state index contributed by atoms with van der Waals surface area (Å²) in [7, 11) is 0. The van der Waals surface area contributed by atoms with Crippen molar-refractivity contribution < 1.29 is 4.42 Å². The lowest BCUT2D eigenvalue weighted by Gasteiger charge is -2.51. The van der Waals surface area contributed by atoms with Gasteiger partial charge in [-0.1, -0.05) is 6.07 Å². The largest absolute Gasteiger partial charge is 0.467 e. The number of rotatable bonds is 7. The Hall–Kier alpha value is -2.16. The summed E-state index contributed by atoms with van der Waals surface area (Å²) in [5.74, 6) is 3.65. The van der Waals surface area contributed by atoms with Gasteiger partial charge in [-0.25, -0.2) is 4.98 Å². The smallest absolute Gasteiger partial charge is 0.166 e. The van der Waals surface area contributed by atoms with Crippen LogP contribution in [0, 0.1) is 11.8 Å². The predicted octanol–water partition coefficient (Wildman–Crippen LogP) is 2.17. The number of aromatic nitrogens is 1. The molecule has 2 aromatic heterocycles. The first-order chi connectivity index (χ1) is 15.7. The maximum Gasteiger partial charge on any atom is 0.166 e. The van der Waals surface area contributed by atoms with Gasteiger partial charge in [-0.05, 0) is 67.7 Å². The highest BCUT2D eigenvalue weighted by Crippen LogP contribution is 2.36. The Morgan fingerprint density at radius 3 is 2.72 bits per heavy atom. The summed E-state index contributed by atoms with van der Waals surface area (Å²) in [6.45, 7) is 9.68. The third-order valence-corrected chi connectivity index (χ3v) is 7.64. The Labute approximate surface area is 196 Å². The second-order valence-electron chi connectivity index (χ2n) is 9.31. The van der Waals surface area contributed by atoms with Crippen LogP contribution in [0.2, 0.25) is 0 Å². The lowest BCUT2D eigenvalue weighted by Crippen LogP contribution is -2.59. The monoisotopic (exact) mass is 454 g/mol. The summed E-state index contributed by atoms with van der Waals surface area (Å²) in [5.41, 5.74) is 0. The molecule has 0 aliphatic carbocycles. The van der Waals surface area contributed by atoms with E-state index in [1.165, 1.54) is 32.5 Å². The molecule has 172 valence electrons. The fraction of sp³-hybridized carbons (Fsp3) is 0.583. The van der Waals surface area contributed by atoms with Crippen LogP contribution in [-0.4, -0.2) is 78.3 Å². The minimum Gasteiger partial charge on any atom is -0.467 e. The number of hydrogen-bond donors (Lipinski definition) is 2. The van der Waals surface area contributed by atoms with E-state index >= 15 is 0 Å². The SMILES string of the molecule is S=C(NCc1ccco1)NC[C@H]1C[C@@H]2CCN1C[C@@H]2CN1CCN(c2ccccn2)CC1. The molecule has 4 fully saturated rings. The number of nitrogens with zero attached hydrogens (tertiary/aromatic N) is 4. The van der Waals surface area contributed by atoms with E-state index in [0.29, 0.717) is 17.7 Å². The van der Waals surface area contributed by atoms with Crippen molar-refractivity contribution in [1.82, 2.24) is 25.4 Å². The Morgan fingerprint density at radius 2 is 2.00 bits per heavy atom. The van der Waals surface area contributed by atoms with Crippen LogP contribution < -0.4 is 15.5 Å². The van der Waals surface area contributed by atoms with Crippen LogP contribution in [-0.2, 0) is 6.54 Å². The van der Waals surface area contributed by atoms with Gasteiger partial charge in [0.05, 0.1) is 12.8 Å². The maximum atomic E-state index is 5.46. The molecule has 2 N–H and O–H groups in total. The number of fused-ring (bicyclic) bond motifs is 3. The van der Waals surface area contributed by atoms with Crippen LogP contribution in [0.5, 0.6) is 0 Å². The average molecular weight is 455 g/mol. The van der Waals surface area contributed by atoms with Crippen LogP contribution in [0.3, 0.4) is 0 Å². The molecule has 8 heteroatoms. The summed E-state index contributed by atoms with van der Waals surface area (Å²) < 4.78 is 5.35. The highest BCUT2D eigenvalue weighted by atomic mass is 32.1. The Balaban J connectivity index is 1.04. The number of hydrogen-bond acceptors (Lipinski definition) is 6. The van der Waals surface area contributed by atoms with Crippen molar-refractivity contribution in [3.63, 3.8) is 0 Å². The topological polar surface area (TPSA) is 59.8 Å². The van der Waals surface area contributed by atoms with Gasteiger partial charge in [0.1, 0.15) is 11.6 Å². The molecule has 4 aliphatic heterocycles. The Bertz CT molecular complexity index is 855. The Kier molecular flexibility index (Phi) is 6.90. The summed E-state index contributed by atoms with van der Waals surface area (Å²) in [6, 6.07) is 10.6. The predicted molar refractivity (Wildman–Crippen MR) is 131 cm³/mol. The van der Waals surface area contributed by atoms with Crippen LogP contribution in [0.4, 0.5) is 5.82 Å². The summed E-state index contributed by atoms with van der Waals surface area (Å²) >= 11 is 5.46. The number of thiocarbonyl (C=S) groups is 1. The first-order valence-electron chi connectivity index (χ1n) is 11.9. The molecule has 1 unspecified atom stereocenters. The van der Waals surface area contributed by atoms with Crippen LogP contribution in [0.1, 0.15) is 18.6 Å². The zero-order chi connectivity index (χ0) is 21.8. The first kappa shape index (κ1) is 21.7. The lowest BCUT2D eigenvalue weighted by molar-refractivity contribution is -0.0110. The van der Waals surface area contributed by atoms with Gasteiger partial charge in [-0.3, -0.25) is 9.80 Å². The maximum absolute atomic E-state index is 5.46. The molecule has 4 aliphatic rings. The summed E-state index contributed by atoms with van der Waals surface area (Å²) in [4.78, 5) is 12.3. The number of piperazine rings is 1. The highest BCUT2D eigenvalue weighted by Gasteiger charge is 2.40. The van der Waals surface area contributed by atoms with E-state index < -0.39 is 0 Å². The average Bonchev–Trinajstić information content (AvgIpc) is 3.37. The normalized spacial score (nSPS) is 27.9. The molecule has 0 amide bonds. The van der Waals surface area contributed by atoms with Crippen LogP contribution in [0.15, 0.2) is 47.2 Å². The van der Waals surface area contributed by atoms with Gasteiger partial charge in [-0.15, -0.1) is 0 Å². The molecular weight excluding hydrogens is 420 g/mol. The number of pyridine rings is 1. The number of piperidine rings is 3. The third kappa shape index (κ3) is 5.24. The van der Waals surface area contributed by atoms with Crippen molar-refractivity contribution in [3.05, 3.63) is 48.6 Å². The fourth-order valence-electron chi connectivity index (χ4n) is 5.55. The molecule has 6 heterocycles. The van der Waals surface area contributed by atoms with E-state index in [2.05, 4.69) is 42.5 Å². The van der Waals surface area contributed by atoms with Gasteiger partial charge in [0, 0.05) is 58.1 Å². The summed E-state index contributed by atoms with van der Waals surface area (Å²) in [6.07, 6.45) is 6.21. The molecule has 0 aromatic carbocycles. The molecule has 0 radical (unpaired) electrons. The van der Waals surface area contributed by atoms with E-state index in [1.807, 2.05) is 24.4 Å². The van der Waals surface area contributed by atoms with Gasteiger partial charge in [0.15, 0.2) is 5.11 Å². The van der Waals surface area contributed by atoms with E-state index in [0.717, 1.165) is 56.1 Å².